The predicted octanol–water partition coefficient (Wildman–Crippen LogP) is 1.48. The summed E-state index contributed by atoms with van der Waals surface area (Å²) in [5.41, 5.74) is 0. The van der Waals surface area contributed by atoms with Crippen LogP contribution in [-0.2, 0) is 4.74 Å². The summed E-state index contributed by atoms with van der Waals surface area (Å²) < 4.78 is 5.98. The molecule has 0 amide bonds. The highest BCUT2D eigenvalue weighted by molar-refractivity contribution is 4.77. The molecule has 0 radical (unpaired) electrons. The molecule has 0 aromatic carbocycles. The van der Waals surface area contributed by atoms with Crippen LogP contribution in [0.5, 0.6) is 0 Å². The van der Waals surface area contributed by atoms with E-state index in [1.165, 1.54) is 12.8 Å². The predicted molar refractivity (Wildman–Crippen MR) is 64.2 cm³/mol. The van der Waals surface area contributed by atoms with E-state index in [-0.39, 0.29) is 0 Å². The third kappa shape index (κ3) is 4.49. The Balaban J connectivity index is 2.18. The Morgan fingerprint density at radius 2 is 2.00 bits per heavy atom. The lowest BCUT2D eigenvalue weighted by atomic mass is 10.2. The van der Waals surface area contributed by atoms with Gasteiger partial charge in [-0.05, 0) is 40.3 Å². The largest absolute Gasteiger partial charge is 0.372 e. The lowest BCUT2D eigenvalue weighted by molar-refractivity contribution is 0.0234. The van der Waals surface area contributed by atoms with E-state index in [4.69, 9.17) is 4.74 Å². The average molecular weight is 214 g/mol. The fraction of sp³-hybridized carbons (Fsp3) is 1.00. The molecule has 15 heavy (non-hydrogen) atoms. The summed E-state index contributed by atoms with van der Waals surface area (Å²) in [5, 5.41) is 3.35. The molecule has 0 saturated carbocycles. The highest BCUT2D eigenvalue weighted by Gasteiger charge is 2.25. The fourth-order valence-electron chi connectivity index (χ4n) is 1.90. The van der Waals surface area contributed by atoms with Crippen LogP contribution < -0.4 is 5.32 Å². The number of hydrogen-bond acceptors (Lipinski definition) is 3. The summed E-state index contributed by atoms with van der Waals surface area (Å²) in [6, 6.07) is 0.612. The molecule has 2 atom stereocenters. The lowest BCUT2D eigenvalue weighted by Gasteiger charge is -2.24. The van der Waals surface area contributed by atoms with Crippen molar-refractivity contribution in [1.82, 2.24) is 10.2 Å². The van der Waals surface area contributed by atoms with Crippen molar-refractivity contribution in [2.45, 2.75) is 51.9 Å². The first-order chi connectivity index (χ1) is 7.13. The van der Waals surface area contributed by atoms with Crippen molar-refractivity contribution in [2.24, 2.45) is 0 Å². The molecule has 1 aliphatic heterocycles. The lowest BCUT2D eigenvalue weighted by Crippen LogP contribution is -2.35. The maximum absolute atomic E-state index is 5.98. The summed E-state index contributed by atoms with van der Waals surface area (Å²) in [7, 11) is 2.17. The van der Waals surface area contributed by atoms with E-state index in [0.29, 0.717) is 18.2 Å². The van der Waals surface area contributed by atoms with E-state index < -0.39 is 0 Å². The summed E-state index contributed by atoms with van der Waals surface area (Å²) >= 11 is 0. The van der Waals surface area contributed by atoms with Crippen LogP contribution in [0.2, 0.25) is 0 Å². The minimum absolute atomic E-state index is 0.440. The Morgan fingerprint density at radius 1 is 1.33 bits per heavy atom. The minimum atomic E-state index is 0.440. The van der Waals surface area contributed by atoms with Gasteiger partial charge in [0.15, 0.2) is 0 Å². The van der Waals surface area contributed by atoms with E-state index in [1.54, 1.807) is 0 Å². The van der Waals surface area contributed by atoms with Gasteiger partial charge in [0.25, 0.3) is 0 Å². The summed E-state index contributed by atoms with van der Waals surface area (Å²) in [4.78, 5) is 2.36. The Morgan fingerprint density at radius 3 is 2.60 bits per heavy atom. The van der Waals surface area contributed by atoms with Gasteiger partial charge in [0.05, 0.1) is 12.2 Å². The monoisotopic (exact) mass is 214 g/mol. The zero-order valence-corrected chi connectivity index (χ0v) is 10.6. The van der Waals surface area contributed by atoms with Crippen molar-refractivity contribution >= 4 is 0 Å². The molecule has 3 heteroatoms. The van der Waals surface area contributed by atoms with Crippen LogP contribution in [-0.4, -0.2) is 49.8 Å². The Labute approximate surface area is 94.2 Å². The van der Waals surface area contributed by atoms with Gasteiger partial charge >= 0.3 is 0 Å². The smallest absolute Gasteiger partial charge is 0.0707 e. The second kappa shape index (κ2) is 6.46. The normalized spacial score (nSPS) is 26.8. The molecule has 1 aliphatic rings. The van der Waals surface area contributed by atoms with Crippen molar-refractivity contribution < 1.29 is 4.74 Å². The summed E-state index contributed by atoms with van der Waals surface area (Å²) in [6.45, 7) is 9.71. The van der Waals surface area contributed by atoms with Crippen molar-refractivity contribution in [1.29, 1.82) is 0 Å². The van der Waals surface area contributed by atoms with E-state index >= 15 is 0 Å². The van der Waals surface area contributed by atoms with Gasteiger partial charge in [-0.15, -0.1) is 0 Å². The number of hydrogen-bond donors (Lipinski definition) is 1. The van der Waals surface area contributed by atoms with Crippen LogP contribution >= 0.6 is 0 Å². The zero-order chi connectivity index (χ0) is 11.3. The second-order valence-corrected chi connectivity index (χ2v) is 4.80. The topological polar surface area (TPSA) is 24.5 Å². The van der Waals surface area contributed by atoms with Gasteiger partial charge in [-0.2, -0.15) is 0 Å². The van der Waals surface area contributed by atoms with Crippen LogP contribution in [0.3, 0.4) is 0 Å². The summed E-state index contributed by atoms with van der Waals surface area (Å²) in [6.07, 6.45) is 3.31. The molecule has 0 spiro atoms. The van der Waals surface area contributed by atoms with Gasteiger partial charge in [0, 0.05) is 19.1 Å². The number of nitrogens with one attached hydrogen (secondary N) is 1. The molecular formula is C12H26N2O. The van der Waals surface area contributed by atoms with Crippen LogP contribution in [0.4, 0.5) is 0 Å². The minimum Gasteiger partial charge on any atom is -0.372 e. The highest BCUT2D eigenvalue weighted by atomic mass is 16.5. The summed E-state index contributed by atoms with van der Waals surface area (Å²) in [5.74, 6) is 0. The number of ether oxygens (including phenoxy) is 1. The van der Waals surface area contributed by atoms with Crippen LogP contribution in [0.15, 0.2) is 0 Å². The fourth-order valence-corrected chi connectivity index (χ4v) is 1.90. The number of nitrogens with zero attached hydrogens (tertiary/aromatic N) is 1. The Bertz CT molecular complexity index is 173. The van der Waals surface area contributed by atoms with E-state index in [2.05, 4.69) is 38.0 Å². The van der Waals surface area contributed by atoms with E-state index in [1.807, 2.05) is 0 Å². The van der Waals surface area contributed by atoms with Gasteiger partial charge in [-0.25, -0.2) is 0 Å². The SMILES string of the molecule is CCNCC1CCC(CN(C)C(C)C)O1. The van der Waals surface area contributed by atoms with Gasteiger partial charge < -0.3 is 15.0 Å². The molecule has 0 aromatic rings. The van der Waals surface area contributed by atoms with Gasteiger partial charge in [0.2, 0.25) is 0 Å². The molecular weight excluding hydrogens is 188 g/mol. The first kappa shape index (κ1) is 12.9. The third-order valence-electron chi connectivity index (χ3n) is 3.19. The highest BCUT2D eigenvalue weighted by Crippen LogP contribution is 2.20. The van der Waals surface area contributed by atoms with E-state index in [0.717, 1.165) is 19.6 Å². The van der Waals surface area contributed by atoms with Crippen LogP contribution in [0.1, 0.15) is 33.6 Å². The Kier molecular flexibility index (Phi) is 5.58. The maximum atomic E-state index is 5.98. The molecule has 2 unspecified atom stereocenters. The molecule has 1 rings (SSSR count). The molecule has 1 N–H and O–H groups in total. The van der Waals surface area contributed by atoms with Crippen molar-refractivity contribution in [3.63, 3.8) is 0 Å². The number of likely N-dealkylation sites (N-methyl/N-ethyl adjacent to an activating group) is 2. The molecule has 90 valence electrons. The number of rotatable bonds is 6. The first-order valence-corrected chi connectivity index (χ1v) is 6.19. The van der Waals surface area contributed by atoms with Crippen molar-refractivity contribution in [2.75, 3.05) is 26.7 Å². The molecule has 1 fully saturated rings. The van der Waals surface area contributed by atoms with Crippen LogP contribution in [0.25, 0.3) is 0 Å². The standard InChI is InChI=1S/C12H26N2O/c1-5-13-8-11-6-7-12(15-11)9-14(4)10(2)3/h10-13H,5-9H2,1-4H3. The molecule has 0 bridgehead atoms. The molecule has 1 saturated heterocycles. The second-order valence-electron chi connectivity index (χ2n) is 4.80. The van der Waals surface area contributed by atoms with Gasteiger partial charge in [-0.3, -0.25) is 0 Å². The van der Waals surface area contributed by atoms with Gasteiger partial charge in [0.1, 0.15) is 0 Å². The Hall–Kier alpha value is -0.120. The van der Waals surface area contributed by atoms with Gasteiger partial charge in [-0.1, -0.05) is 6.92 Å². The van der Waals surface area contributed by atoms with E-state index in [9.17, 15) is 0 Å². The molecule has 0 aliphatic carbocycles. The molecule has 1 heterocycles. The maximum Gasteiger partial charge on any atom is 0.0707 e. The quantitative estimate of drug-likeness (QED) is 0.725. The third-order valence-corrected chi connectivity index (χ3v) is 3.19. The average Bonchev–Trinajstić information content (AvgIpc) is 2.62. The zero-order valence-electron chi connectivity index (χ0n) is 10.6. The first-order valence-electron chi connectivity index (χ1n) is 6.19. The van der Waals surface area contributed by atoms with Crippen molar-refractivity contribution in [3.05, 3.63) is 0 Å². The molecule has 0 aromatic heterocycles. The van der Waals surface area contributed by atoms with Crippen LogP contribution in [0, 0.1) is 0 Å². The van der Waals surface area contributed by atoms with Crippen molar-refractivity contribution in [3.8, 4) is 0 Å². The molecule has 3 nitrogen and oxygen atoms in total.